The van der Waals surface area contributed by atoms with Crippen molar-refractivity contribution in [2.24, 2.45) is 5.92 Å². The molecule has 2 unspecified atom stereocenters. The summed E-state index contributed by atoms with van der Waals surface area (Å²) in [7, 11) is 1.76. The zero-order valence-corrected chi connectivity index (χ0v) is 14.6. The monoisotopic (exact) mass is 352 g/mol. The van der Waals surface area contributed by atoms with Crippen molar-refractivity contribution in [1.29, 1.82) is 0 Å². The molecule has 132 valence electrons. The Morgan fingerprint density at radius 1 is 1.30 bits per heavy atom. The van der Waals surface area contributed by atoms with Gasteiger partial charge in [0.05, 0.1) is 11.6 Å². The van der Waals surface area contributed by atoms with E-state index in [0.717, 1.165) is 12.1 Å². The summed E-state index contributed by atoms with van der Waals surface area (Å²) < 4.78 is 38.4. The molecule has 1 aromatic carbocycles. The van der Waals surface area contributed by atoms with Gasteiger partial charge in [-0.15, -0.1) is 12.4 Å². The standard InChI is InChI=1S/C16H23F3N2O.ClH/c1-5-21(15(22)11(2)10-20-4)12(3)13-7-6-8-14(9-13)16(17,18)19;/h6-9,11-12,20H,5,10H2,1-4H3;1H. The number of amides is 1. The largest absolute Gasteiger partial charge is 0.416 e. The molecule has 1 rings (SSSR count). The normalized spacial score (nSPS) is 13.9. The fraction of sp³-hybridized carbons (Fsp3) is 0.562. The van der Waals surface area contributed by atoms with Crippen molar-refractivity contribution in [3.63, 3.8) is 0 Å². The van der Waals surface area contributed by atoms with Crippen LogP contribution in [-0.2, 0) is 11.0 Å². The maximum absolute atomic E-state index is 12.8. The van der Waals surface area contributed by atoms with E-state index in [1.165, 1.54) is 6.07 Å². The number of nitrogens with one attached hydrogen (secondary N) is 1. The summed E-state index contributed by atoms with van der Waals surface area (Å²) in [4.78, 5) is 14.0. The van der Waals surface area contributed by atoms with Gasteiger partial charge in [0.1, 0.15) is 0 Å². The molecule has 23 heavy (non-hydrogen) atoms. The van der Waals surface area contributed by atoms with Crippen molar-refractivity contribution in [1.82, 2.24) is 10.2 Å². The third kappa shape index (κ3) is 5.70. The number of alkyl halides is 3. The molecule has 3 nitrogen and oxygen atoms in total. The first-order valence-electron chi connectivity index (χ1n) is 7.34. The molecule has 2 atom stereocenters. The van der Waals surface area contributed by atoms with Crippen LogP contribution in [0.2, 0.25) is 0 Å². The number of nitrogens with zero attached hydrogens (tertiary/aromatic N) is 1. The minimum atomic E-state index is -4.38. The van der Waals surface area contributed by atoms with Crippen LogP contribution < -0.4 is 5.32 Å². The van der Waals surface area contributed by atoms with Crippen molar-refractivity contribution in [3.8, 4) is 0 Å². The van der Waals surface area contributed by atoms with Gasteiger partial charge in [0.25, 0.3) is 0 Å². The number of hydrogen-bond acceptors (Lipinski definition) is 2. The molecule has 0 aromatic heterocycles. The number of hydrogen-bond donors (Lipinski definition) is 1. The molecule has 0 bridgehead atoms. The lowest BCUT2D eigenvalue weighted by molar-refractivity contribution is -0.137. The highest BCUT2D eigenvalue weighted by Crippen LogP contribution is 2.32. The van der Waals surface area contributed by atoms with Crippen molar-refractivity contribution >= 4 is 18.3 Å². The van der Waals surface area contributed by atoms with Gasteiger partial charge in [-0.3, -0.25) is 4.79 Å². The first-order valence-corrected chi connectivity index (χ1v) is 7.34. The van der Waals surface area contributed by atoms with Gasteiger partial charge in [-0.1, -0.05) is 19.1 Å². The number of benzene rings is 1. The quantitative estimate of drug-likeness (QED) is 0.842. The van der Waals surface area contributed by atoms with Gasteiger partial charge in [0, 0.05) is 19.0 Å². The summed E-state index contributed by atoms with van der Waals surface area (Å²) in [5.74, 6) is -0.292. The van der Waals surface area contributed by atoms with Gasteiger partial charge in [0.2, 0.25) is 5.91 Å². The van der Waals surface area contributed by atoms with Crippen LogP contribution in [0.1, 0.15) is 37.9 Å². The SMILES string of the molecule is CCN(C(=O)C(C)CNC)C(C)c1cccc(C(F)(F)F)c1.Cl. The first kappa shape index (κ1) is 21.7. The van der Waals surface area contributed by atoms with E-state index in [1.807, 2.05) is 6.92 Å². The average Bonchev–Trinajstić information content (AvgIpc) is 2.47. The van der Waals surface area contributed by atoms with E-state index in [1.54, 1.807) is 31.9 Å². The Bertz CT molecular complexity index is 508. The van der Waals surface area contributed by atoms with Crippen molar-refractivity contribution in [2.75, 3.05) is 20.1 Å². The summed E-state index contributed by atoms with van der Waals surface area (Å²) in [6.45, 7) is 6.37. The van der Waals surface area contributed by atoms with Crippen LogP contribution in [0, 0.1) is 5.92 Å². The average molecular weight is 353 g/mol. The predicted molar refractivity (Wildman–Crippen MR) is 87.6 cm³/mol. The minimum absolute atomic E-state index is 0. The molecular weight excluding hydrogens is 329 g/mol. The summed E-state index contributed by atoms with van der Waals surface area (Å²) in [6.07, 6.45) is -4.38. The molecule has 1 aromatic rings. The molecule has 0 spiro atoms. The minimum Gasteiger partial charge on any atom is -0.336 e. The zero-order valence-electron chi connectivity index (χ0n) is 13.8. The van der Waals surface area contributed by atoms with Crippen LogP contribution >= 0.6 is 12.4 Å². The van der Waals surface area contributed by atoms with E-state index in [9.17, 15) is 18.0 Å². The topological polar surface area (TPSA) is 32.3 Å². The van der Waals surface area contributed by atoms with E-state index < -0.39 is 17.8 Å². The summed E-state index contributed by atoms with van der Waals surface area (Å²) in [5, 5.41) is 2.94. The molecular formula is C16H24ClF3N2O. The van der Waals surface area contributed by atoms with Crippen molar-refractivity contribution in [2.45, 2.75) is 33.0 Å². The van der Waals surface area contributed by atoms with Gasteiger partial charge < -0.3 is 10.2 Å². The molecule has 0 saturated heterocycles. The van der Waals surface area contributed by atoms with Gasteiger partial charge in [-0.2, -0.15) is 13.2 Å². The molecule has 0 saturated carbocycles. The summed E-state index contributed by atoms with van der Waals surface area (Å²) in [6, 6.07) is 4.75. The second-order valence-electron chi connectivity index (χ2n) is 5.38. The lowest BCUT2D eigenvalue weighted by Gasteiger charge is -2.31. The molecule has 1 amide bonds. The maximum atomic E-state index is 12.8. The third-order valence-corrected chi connectivity index (χ3v) is 3.72. The maximum Gasteiger partial charge on any atom is 0.416 e. The molecule has 1 N–H and O–H groups in total. The van der Waals surface area contributed by atoms with E-state index in [-0.39, 0.29) is 24.2 Å². The molecule has 0 heterocycles. The Balaban J connectivity index is 0.00000484. The van der Waals surface area contributed by atoms with Crippen LogP contribution in [0.15, 0.2) is 24.3 Å². The van der Waals surface area contributed by atoms with Crippen LogP contribution in [-0.4, -0.2) is 30.9 Å². The highest BCUT2D eigenvalue weighted by atomic mass is 35.5. The second kappa shape index (κ2) is 9.13. The van der Waals surface area contributed by atoms with Crippen LogP contribution in [0.3, 0.4) is 0 Å². The number of carbonyl (C=O) groups is 1. The molecule has 0 radical (unpaired) electrons. The van der Waals surface area contributed by atoms with Crippen LogP contribution in [0.4, 0.5) is 13.2 Å². The number of carbonyl (C=O) groups excluding carboxylic acids is 1. The fourth-order valence-corrected chi connectivity index (χ4v) is 2.45. The van der Waals surface area contributed by atoms with E-state index >= 15 is 0 Å². The second-order valence-corrected chi connectivity index (χ2v) is 5.38. The Kier molecular flexibility index (Phi) is 8.63. The molecule has 0 aliphatic rings. The number of rotatable bonds is 6. The Hall–Kier alpha value is -1.27. The molecule has 0 aliphatic heterocycles. The van der Waals surface area contributed by atoms with Crippen molar-refractivity contribution in [3.05, 3.63) is 35.4 Å². The fourth-order valence-electron chi connectivity index (χ4n) is 2.45. The highest BCUT2D eigenvalue weighted by molar-refractivity contribution is 5.85. The summed E-state index contributed by atoms with van der Waals surface area (Å²) in [5.41, 5.74) is -0.203. The van der Waals surface area contributed by atoms with Gasteiger partial charge in [-0.25, -0.2) is 0 Å². The van der Waals surface area contributed by atoms with Crippen molar-refractivity contribution < 1.29 is 18.0 Å². The van der Waals surface area contributed by atoms with Crippen LogP contribution in [0.25, 0.3) is 0 Å². The molecule has 0 fully saturated rings. The lowest BCUT2D eigenvalue weighted by Crippen LogP contribution is -2.40. The Morgan fingerprint density at radius 2 is 1.91 bits per heavy atom. The van der Waals surface area contributed by atoms with Gasteiger partial charge >= 0.3 is 6.18 Å². The lowest BCUT2D eigenvalue weighted by atomic mass is 10.0. The molecule has 7 heteroatoms. The Labute approximate surface area is 141 Å². The Morgan fingerprint density at radius 3 is 2.39 bits per heavy atom. The van der Waals surface area contributed by atoms with E-state index in [4.69, 9.17) is 0 Å². The molecule has 0 aliphatic carbocycles. The predicted octanol–water partition coefficient (Wildman–Crippen LogP) is 3.89. The smallest absolute Gasteiger partial charge is 0.336 e. The van der Waals surface area contributed by atoms with E-state index in [2.05, 4.69) is 5.32 Å². The van der Waals surface area contributed by atoms with Gasteiger partial charge in [0.15, 0.2) is 0 Å². The number of halogens is 4. The highest BCUT2D eigenvalue weighted by Gasteiger charge is 2.31. The third-order valence-electron chi connectivity index (χ3n) is 3.72. The van der Waals surface area contributed by atoms with Crippen LogP contribution in [0.5, 0.6) is 0 Å². The zero-order chi connectivity index (χ0) is 16.9. The first-order chi connectivity index (χ1) is 10.2. The van der Waals surface area contributed by atoms with E-state index in [0.29, 0.717) is 18.7 Å². The van der Waals surface area contributed by atoms with Gasteiger partial charge in [-0.05, 0) is 38.6 Å². The summed E-state index contributed by atoms with van der Waals surface area (Å²) >= 11 is 0.